The summed E-state index contributed by atoms with van der Waals surface area (Å²) in [6.07, 6.45) is 10.7. The standard InChI is InChI=1S/C21H36F4O2S/c1-3-4-5-6-8-11-14-17-18(28-21(24,25)20(17,22)23)15-12-9-7-10-13-16-19(26)27-2/h17-18H,3-16H2,1-2H3. The summed E-state index contributed by atoms with van der Waals surface area (Å²) < 4.78 is 60.8. The Bertz CT molecular complexity index is 446. The zero-order chi connectivity index (χ0) is 21.0. The SMILES string of the molecule is CCCCCCCCC1C(CCCCCCCC(=O)OC)SC(F)(F)C1(F)F. The average molecular weight is 429 g/mol. The van der Waals surface area contributed by atoms with Crippen LogP contribution >= 0.6 is 11.8 Å². The van der Waals surface area contributed by atoms with Gasteiger partial charge in [-0.05, 0) is 19.3 Å². The van der Waals surface area contributed by atoms with Gasteiger partial charge in [-0.25, -0.2) is 0 Å². The van der Waals surface area contributed by atoms with Gasteiger partial charge in [0.1, 0.15) is 0 Å². The number of alkyl halides is 4. The van der Waals surface area contributed by atoms with Crippen molar-refractivity contribution in [1.29, 1.82) is 0 Å². The number of hydrogen-bond acceptors (Lipinski definition) is 3. The molecular formula is C21H36F4O2S. The number of rotatable bonds is 15. The molecule has 0 saturated carbocycles. The second-order valence-electron chi connectivity index (χ2n) is 7.84. The number of ether oxygens (including phenoxy) is 1. The third kappa shape index (κ3) is 8.11. The van der Waals surface area contributed by atoms with Crippen LogP contribution in [0.4, 0.5) is 17.6 Å². The number of carbonyl (C=O) groups excluding carboxylic acids is 1. The number of thioether (sulfide) groups is 1. The van der Waals surface area contributed by atoms with Crippen LogP contribution in [-0.4, -0.2) is 29.5 Å². The molecule has 7 heteroatoms. The van der Waals surface area contributed by atoms with E-state index in [1.807, 2.05) is 0 Å². The molecule has 0 aliphatic carbocycles. The Labute approximate surface area is 171 Å². The fourth-order valence-electron chi connectivity index (χ4n) is 3.82. The van der Waals surface area contributed by atoms with E-state index in [-0.39, 0.29) is 24.2 Å². The molecule has 0 radical (unpaired) electrons. The van der Waals surface area contributed by atoms with Gasteiger partial charge >= 0.3 is 17.1 Å². The average Bonchev–Trinajstić information content (AvgIpc) is 2.81. The molecule has 0 spiro atoms. The van der Waals surface area contributed by atoms with Gasteiger partial charge in [0.15, 0.2) is 0 Å². The summed E-state index contributed by atoms with van der Waals surface area (Å²) in [5, 5.41) is -4.62. The fraction of sp³-hybridized carbons (Fsp3) is 0.952. The van der Waals surface area contributed by atoms with Gasteiger partial charge in [-0.1, -0.05) is 82.9 Å². The molecule has 1 heterocycles. The molecule has 1 aliphatic rings. The first-order valence-corrected chi connectivity index (χ1v) is 11.6. The minimum Gasteiger partial charge on any atom is -0.469 e. The highest BCUT2D eigenvalue weighted by molar-refractivity contribution is 8.01. The zero-order valence-corrected chi connectivity index (χ0v) is 18.1. The molecule has 0 aromatic carbocycles. The highest BCUT2D eigenvalue weighted by Gasteiger charge is 2.69. The summed E-state index contributed by atoms with van der Waals surface area (Å²) in [7, 11) is 1.36. The Hall–Kier alpha value is -0.460. The number of halogens is 4. The molecule has 1 rings (SSSR count). The molecule has 0 amide bonds. The molecule has 2 unspecified atom stereocenters. The van der Waals surface area contributed by atoms with Crippen molar-refractivity contribution in [1.82, 2.24) is 0 Å². The van der Waals surface area contributed by atoms with Gasteiger partial charge in [0.2, 0.25) is 0 Å². The Kier molecular flexibility index (Phi) is 11.8. The first-order chi connectivity index (χ1) is 13.3. The van der Waals surface area contributed by atoms with Gasteiger partial charge in [0.25, 0.3) is 0 Å². The zero-order valence-electron chi connectivity index (χ0n) is 17.3. The van der Waals surface area contributed by atoms with Gasteiger partial charge in [-0.15, -0.1) is 0 Å². The van der Waals surface area contributed by atoms with Crippen LogP contribution in [0.2, 0.25) is 0 Å². The maximum absolute atomic E-state index is 14.2. The van der Waals surface area contributed by atoms with Crippen molar-refractivity contribution in [3.8, 4) is 0 Å². The van der Waals surface area contributed by atoms with E-state index in [9.17, 15) is 22.4 Å². The van der Waals surface area contributed by atoms with Gasteiger partial charge in [0.05, 0.1) is 7.11 Å². The first kappa shape index (κ1) is 25.6. The van der Waals surface area contributed by atoms with Crippen molar-refractivity contribution in [2.45, 2.75) is 113 Å². The number of hydrogen-bond donors (Lipinski definition) is 0. The number of methoxy groups -OCH3 is 1. The Morgan fingerprint density at radius 3 is 2.00 bits per heavy atom. The summed E-state index contributed by atoms with van der Waals surface area (Å²) >= 11 is 0.185. The second kappa shape index (κ2) is 13.0. The third-order valence-electron chi connectivity index (χ3n) is 5.57. The van der Waals surface area contributed by atoms with Crippen molar-refractivity contribution >= 4 is 17.7 Å². The maximum Gasteiger partial charge on any atom is 0.356 e. The topological polar surface area (TPSA) is 26.3 Å². The molecule has 166 valence electrons. The molecule has 1 aliphatic heterocycles. The monoisotopic (exact) mass is 428 g/mol. The summed E-state index contributed by atoms with van der Waals surface area (Å²) in [6.45, 7) is 2.11. The van der Waals surface area contributed by atoms with Crippen LogP contribution in [0.1, 0.15) is 96.8 Å². The summed E-state index contributed by atoms with van der Waals surface area (Å²) in [6, 6.07) is 0. The number of unbranched alkanes of at least 4 members (excludes halogenated alkanes) is 9. The number of carbonyl (C=O) groups is 1. The summed E-state index contributed by atoms with van der Waals surface area (Å²) in [5.41, 5.74) is 0. The Morgan fingerprint density at radius 2 is 1.39 bits per heavy atom. The maximum atomic E-state index is 14.2. The van der Waals surface area contributed by atoms with Crippen LogP contribution in [0.25, 0.3) is 0 Å². The lowest BCUT2D eigenvalue weighted by molar-refractivity contribution is -0.175. The molecule has 2 atom stereocenters. The van der Waals surface area contributed by atoms with Crippen molar-refractivity contribution in [3.05, 3.63) is 0 Å². The lowest BCUT2D eigenvalue weighted by atomic mass is 9.88. The van der Waals surface area contributed by atoms with Gasteiger partial charge in [-0.2, -0.15) is 17.6 Å². The largest absolute Gasteiger partial charge is 0.469 e. The van der Waals surface area contributed by atoms with E-state index in [1.165, 1.54) is 7.11 Å². The highest BCUT2D eigenvalue weighted by atomic mass is 32.2. The minimum atomic E-state index is -3.95. The summed E-state index contributed by atoms with van der Waals surface area (Å²) in [4.78, 5) is 11.0. The molecular weight excluding hydrogens is 392 g/mol. The fourth-order valence-corrected chi connectivity index (χ4v) is 5.26. The van der Waals surface area contributed by atoms with E-state index >= 15 is 0 Å². The van der Waals surface area contributed by atoms with Crippen LogP contribution in [-0.2, 0) is 9.53 Å². The molecule has 0 N–H and O–H groups in total. The van der Waals surface area contributed by atoms with Crippen molar-refractivity contribution in [2.24, 2.45) is 5.92 Å². The van der Waals surface area contributed by atoms with E-state index in [0.29, 0.717) is 25.7 Å². The predicted molar refractivity (Wildman–Crippen MR) is 107 cm³/mol. The van der Waals surface area contributed by atoms with Crippen LogP contribution in [0, 0.1) is 5.92 Å². The quantitative estimate of drug-likeness (QED) is 0.153. The minimum absolute atomic E-state index is 0.185. The van der Waals surface area contributed by atoms with E-state index in [4.69, 9.17) is 0 Å². The molecule has 1 fully saturated rings. The smallest absolute Gasteiger partial charge is 0.356 e. The first-order valence-electron chi connectivity index (χ1n) is 10.8. The molecule has 1 saturated heterocycles. The third-order valence-corrected chi connectivity index (χ3v) is 7.00. The number of esters is 1. The molecule has 28 heavy (non-hydrogen) atoms. The Morgan fingerprint density at radius 1 is 0.857 bits per heavy atom. The lowest BCUT2D eigenvalue weighted by Crippen LogP contribution is -2.39. The predicted octanol–water partition coefficient (Wildman–Crippen LogP) is 7.60. The van der Waals surface area contributed by atoms with Gasteiger partial charge in [0, 0.05) is 17.6 Å². The van der Waals surface area contributed by atoms with Crippen molar-refractivity contribution < 1.29 is 27.1 Å². The highest BCUT2D eigenvalue weighted by Crippen LogP contribution is 2.60. The molecule has 0 bridgehead atoms. The van der Waals surface area contributed by atoms with Gasteiger partial charge in [-0.3, -0.25) is 4.79 Å². The molecule has 2 nitrogen and oxygen atoms in total. The van der Waals surface area contributed by atoms with Crippen LogP contribution in [0.5, 0.6) is 0 Å². The Balaban J connectivity index is 2.35. The molecule has 0 aromatic heterocycles. The van der Waals surface area contributed by atoms with Crippen molar-refractivity contribution in [3.63, 3.8) is 0 Å². The normalized spacial score (nSPS) is 23.1. The lowest BCUT2D eigenvalue weighted by Gasteiger charge is -2.24. The van der Waals surface area contributed by atoms with Crippen LogP contribution in [0.3, 0.4) is 0 Å². The van der Waals surface area contributed by atoms with E-state index in [0.717, 1.165) is 57.8 Å². The van der Waals surface area contributed by atoms with Crippen molar-refractivity contribution in [2.75, 3.05) is 7.11 Å². The second-order valence-corrected chi connectivity index (χ2v) is 9.20. The van der Waals surface area contributed by atoms with Crippen LogP contribution < -0.4 is 0 Å². The summed E-state index contributed by atoms with van der Waals surface area (Å²) in [5.74, 6) is -5.37. The molecule has 0 aromatic rings. The van der Waals surface area contributed by atoms with E-state index in [1.54, 1.807) is 0 Å². The van der Waals surface area contributed by atoms with Crippen LogP contribution in [0.15, 0.2) is 0 Å². The van der Waals surface area contributed by atoms with E-state index < -0.39 is 22.3 Å². The van der Waals surface area contributed by atoms with E-state index in [2.05, 4.69) is 11.7 Å². The van der Waals surface area contributed by atoms with Gasteiger partial charge < -0.3 is 4.74 Å².